The van der Waals surface area contributed by atoms with Gasteiger partial charge in [-0.1, -0.05) is 25.7 Å². The molecule has 0 unspecified atom stereocenters. The summed E-state index contributed by atoms with van der Waals surface area (Å²) in [6.07, 6.45) is 9.89. The van der Waals surface area contributed by atoms with Gasteiger partial charge in [-0.3, -0.25) is 9.59 Å². The summed E-state index contributed by atoms with van der Waals surface area (Å²) >= 11 is 13.9. The van der Waals surface area contributed by atoms with Crippen molar-refractivity contribution in [1.29, 1.82) is 0 Å². The first-order valence-electron chi connectivity index (χ1n) is 14.0. The molecule has 2 rings (SSSR count). The second-order valence-corrected chi connectivity index (χ2v) is 16.7. The third kappa shape index (κ3) is 17.3. The number of ether oxygens (including phenoxy) is 4. The molecule has 234 valence electrons. The van der Waals surface area contributed by atoms with Crippen LogP contribution in [0, 0.1) is 21.4 Å². The van der Waals surface area contributed by atoms with Gasteiger partial charge in [0.1, 0.15) is 11.5 Å². The van der Waals surface area contributed by atoms with Crippen molar-refractivity contribution in [3.63, 3.8) is 0 Å². The van der Waals surface area contributed by atoms with E-state index in [9.17, 15) is 9.59 Å². The van der Waals surface area contributed by atoms with Crippen molar-refractivity contribution >= 4 is 147 Å². The number of carbonyl (C=O) groups is 2. The average Bonchev–Trinajstić information content (AvgIpc) is 2.91. The summed E-state index contributed by atoms with van der Waals surface area (Å²) in [6.45, 7) is 2.12. The number of rotatable bonds is 21. The normalized spacial score (nSPS) is 10.9. The number of carbonyl (C=O) groups excluding carboxylic acids is 2. The van der Waals surface area contributed by atoms with Gasteiger partial charge < -0.3 is 18.9 Å². The van der Waals surface area contributed by atoms with Gasteiger partial charge in [-0.2, -0.15) is 0 Å². The molecule has 0 aliphatic rings. The Balaban J connectivity index is 1.36. The minimum Gasteiger partial charge on any atom is -0.491 e. The summed E-state index contributed by atoms with van der Waals surface area (Å²) in [5.41, 5.74) is 0. The summed E-state index contributed by atoms with van der Waals surface area (Å²) < 4.78 is 29.5. The van der Waals surface area contributed by atoms with Crippen LogP contribution in [0.25, 0.3) is 0 Å². The molecule has 0 aliphatic carbocycles. The van der Waals surface area contributed by atoms with Gasteiger partial charge in [0.15, 0.2) is 0 Å². The first-order valence-corrected chi connectivity index (χ1v) is 20.5. The van der Waals surface area contributed by atoms with Gasteiger partial charge >= 0.3 is 11.9 Å². The zero-order valence-electron chi connectivity index (χ0n) is 23.3. The highest BCUT2D eigenvalue weighted by atomic mass is 127. The summed E-state index contributed by atoms with van der Waals surface area (Å²) in [5.74, 6) is 1.62. The first kappa shape index (κ1) is 39.5. The number of esters is 2. The molecular formula is C30H36I6O6. The molecule has 6 nitrogen and oxygen atoms in total. The lowest BCUT2D eigenvalue weighted by Crippen LogP contribution is -2.09. The van der Waals surface area contributed by atoms with Crippen LogP contribution in [0.5, 0.6) is 11.5 Å². The molecule has 0 aliphatic heterocycles. The van der Waals surface area contributed by atoms with Crippen LogP contribution in [0.4, 0.5) is 0 Å². The van der Waals surface area contributed by atoms with E-state index < -0.39 is 0 Å². The van der Waals surface area contributed by atoms with E-state index in [1.165, 1.54) is 7.14 Å². The molecule has 0 radical (unpaired) electrons. The van der Waals surface area contributed by atoms with E-state index in [-0.39, 0.29) is 11.9 Å². The van der Waals surface area contributed by atoms with Crippen molar-refractivity contribution in [2.45, 2.75) is 77.0 Å². The fraction of sp³-hybridized carbons (Fsp3) is 0.533. The molecule has 12 heteroatoms. The van der Waals surface area contributed by atoms with Crippen LogP contribution in [-0.4, -0.2) is 38.4 Å². The third-order valence-corrected chi connectivity index (χ3v) is 10.5. The van der Waals surface area contributed by atoms with Crippen molar-refractivity contribution in [2.75, 3.05) is 26.4 Å². The second-order valence-electron chi connectivity index (χ2n) is 9.57. The maximum atomic E-state index is 11.9. The second kappa shape index (κ2) is 23.6. The van der Waals surface area contributed by atoms with Crippen LogP contribution in [0.2, 0.25) is 0 Å². The number of halogens is 6. The van der Waals surface area contributed by atoms with Gasteiger partial charge in [-0.15, -0.1) is 0 Å². The van der Waals surface area contributed by atoms with Gasteiger partial charge in [0.2, 0.25) is 0 Å². The van der Waals surface area contributed by atoms with Gasteiger partial charge in [0, 0.05) is 20.0 Å². The molecule has 0 spiro atoms. The van der Waals surface area contributed by atoms with Gasteiger partial charge in [0.05, 0.1) is 40.7 Å². The Kier molecular flexibility index (Phi) is 22.3. The first-order chi connectivity index (χ1) is 20.2. The summed E-state index contributed by atoms with van der Waals surface area (Å²) in [4.78, 5) is 23.9. The smallest absolute Gasteiger partial charge is 0.305 e. The van der Waals surface area contributed by atoms with E-state index >= 15 is 0 Å². The third-order valence-electron chi connectivity index (χ3n) is 6.03. The molecule has 0 amide bonds. The molecule has 0 heterocycles. The molecule has 0 saturated heterocycles. The van der Waals surface area contributed by atoms with Gasteiger partial charge in [-0.05, 0) is 198 Å². The monoisotopic (exact) mass is 1250 g/mol. The lowest BCUT2D eigenvalue weighted by molar-refractivity contribution is -0.146. The molecule has 0 aromatic heterocycles. The zero-order chi connectivity index (χ0) is 30.7. The molecule has 0 bridgehead atoms. The standard InChI is InChI=1S/C30H36I6O6/c31-21-17-23(33)29(24(34)18-21)41-15-7-3-1-5-11-27(37)39-13-9-10-14-40-28(38)12-6-2-4-8-16-42-30-25(35)19-22(32)20-26(30)36/h17-20H,1-16H2. The topological polar surface area (TPSA) is 71.1 Å². The number of benzene rings is 2. The largest absolute Gasteiger partial charge is 0.491 e. The molecule has 42 heavy (non-hydrogen) atoms. The van der Waals surface area contributed by atoms with Crippen molar-refractivity contribution in [3.05, 3.63) is 45.7 Å². The van der Waals surface area contributed by atoms with Crippen molar-refractivity contribution < 1.29 is 28.5 Å². The van der Waals surface area contributed by atoms with Crippen LogP contribution in [0.1, 0.15) is 77.0 Å². The number of hydrogen-bond donors (Lipinski definition) is 0. The molecule has 0 atom stereocenters. The van der Waals surface area contributed by atoms with Crippen LogP contribution < -0.4 is 9.47 Å². The number of hydrogen-bond acceptors (Lipinski definition) is 6. The zero-order valence-corrected chi connectivity index (χ0v) is 36.3. The van der Waals surface area contributed by atoms with E-state index in [0.29, 0.717) is 52.1 Å². The minimum absolute atomic E-state index is 0.153. The van der Waals surface area contributed by atoms with E-state index in [1.54, 1.807) is 0 Å². The van der Waals surface area contributed by atoms with Crippen LogP contribution >= 0.6 is 136 Å². The summed E-state index contributed by atoms with van der Waals surface area (Å²) in [7, 11) is 0. The molecule has 2 aromatic rings. The van der Waals surface area contributed by atoms with Crippen LogP contribution in [-0.2, 0) is 19.1 Å². The predicted octanol–water partition coefficient (Wildman–Crippen LogP) is 10.5. The molecule has 0 N–H and O–H groups in total. The highest BCUT2D eigenvalue weighted by Gasteiger charge is 2.10. The maximum absolute atomic E-state index is 11.9. The summed E-state index contributed by atoms with van der Waals surface area (Å²) in [6, 6.07) is 8.47. The Bertz CT molecular complexity index is 996. The Morgan fingerprint density at radius 2 is 0.762 bits per heavy atom. The average molecular weight is 1250 g/mol. The predicted molar refractivity (Wildman–Crippen MR) is 217 cm³/mol. The quantitative estimate of drug-likeness (QED) is 0.0705. The lowest BCUT2D eigenvalue weighted by Gasteiger charge is -2.11. The SMILES string of the molecule is O=C(CCCCCCOc1c(I)cc(I)cc1I)OCCCCOC(=O)CCCCCCOc1c(I)cc(I)cc1I. The Morgan fingerprint density at radius 3 is 1.12 bits per heavy atom. The molecule has 0 saturated carbocycles. The van der Waals surface area contributed by atoms with E-state index in [1.807, 2.05) is 0 Å². The molecular weight excluding hydrogens is 1220 g/mol. The number of unbranched alkanes of at least 4 members (excludes halogenated alkanes) is 7. The maximum Gasteiger partial charge on any atom is 0.305 e. The van der Waals surface area contributed by atoms with Crippen LogP contribution in [0.3, 0.4) is 0 Å². The minimum atomic E-state index is -0.153. The van der Waals surface area contributed by atoms with E-state index in [0.717, 1.165) is 77.1 Å². The fourth-order valence-electron chi connectivity index (χ4n) is 3.85. The van der Waals surface area contributed by atoms with Gasteiger partial charge in [-0.25, -0.2) is 0 Å². The molecule has 0 fully saturated rings. The Morgan fingerprint density at radius 1 is 0.452 bits per heavy atom. The fourth-order valence-corrected chi connectivity index (χ4v) is 11.6. The lowest BCUT2D eigenvalue weighted by atomic mass is 10.1. The summed E-state index contributed by atoms with van der Waals surface area (Å²) in [5, 5.41) is 0. The van der Waals surface area contributed by atoms with Gasteiger partial charge in [0.25, 0.3) is 0 Å². The highest BCUT2D eigenvalue weighted by Crippen LogP contribution is 2.30. The van der Waals surface area contributed by atoms with E-state index in [2.05, 4.69) is 160 Å². The van der Waals surface area contributed by atoms with Crippen molar-refractivity contribution in [1.82, 2.24) is 0 Å². The van der Waals surface area contributed by atoms with Crippen molar-refractivity contribution in [2.24, 2.45) is 0 Å². The van der Waals surface area contributed by atoms with E-state index in [4.69, 9.17) is 18.9 Å². The Labute approximate surface area is 331 Å². The van der Waals surface area contributed by atoms with Crippen LogP contribution in [0.15, 0.2) is 24.3 Å². The highest BCUT2D eigenvalue weighted by molar-refractivity contribution is 14.1. The van der Waals surface area contributed by atoms with Crippen molar-refractivity contribution in [3.8, 4) is 11.5 Å². The Hall–Kier alpha value is 1.36. The molecule has 2 aromatic carbocycles.